The van der Waals surface area contributed by atoms with E-state index in [-0.39, 0.29) is 22.0 Å². The van der Waals surface area contributed by atoms with Crippen molar-refractivity contribution in [1.29, 1.82) is 0 Å². The lowest BCUT2D eigenvalue weighted by molar-refractivity contribution is -0.550. The number of carbonyl (C=O) groups excluding carboxylic acids is 2. The van der Waals surface area contributed by atoms with Crippen molar-refractivity contribution in [3.8, 4) is 11.1 Å². The number of para-hydroxylation sites is 1. The molecule has 0 spiro atoms. The molecule has 0 aliphatic heterocycles. The molecule has 0 saturated heterocycles. The van der Waals surface area contributed by atoms with Gasteiger partial charge >= 0.3 is 17.6 Å². The van der Waals surface area contributed by atoms with Gasteiger partial charge in [-0.1, -0.05) is 77.3 Å². The number of carbonyl (C=O) groups is 2. The fourth-order valence-electron chi connectivity index (χ4n) is 5.96. The normalized spacial score (nSPS) is 12.9. The molecule has 1 aliphatic carbocycles. The molecule has 1 aromatic heterocycles. The van der Waals surface area contributed by atoms with E-state index in [1.165, 1.54) is 26.4 Å². The first kappa shape index (κ1) is 31.9. The molecule has 0 fully saturated rings. The van der Waals surface area contributed by atoms with Crippen molar-refractivity contribution in [2.75, 3.05) is 14.2 Å². The van der Waals surface area contributed by atoms with Crippen LogP contribution in [0.1, 0.15) is 28.2 Å². The van der Waals surface area contributed by atoms with Gasteiger partial charge in [0.05, 0.1) is 24.5 Å². The quantitative estimate of drug-likeness (QED) is 0.0560. The summed E-state index contributed by atoms with van der Waals surface area (Å²) in [5.74, 6) is -2.28. The lowest BCUT2D eigenvalue weighted by Crippen LogP contribution is -2.40. The van der Waals surface area contributed by atoms with Crippen molar-refractivity contribution in [1.82, 2.24) is 0 Å². The molecule has 1 heterocycles. The van der Waals surface area contributed by atoms with Crippen LogP contribution in [-0.2, 0) is 19.1 Å². The van der Waals surface area contributed by atoms with Crippen LogP contribution in [0, 0.1) is 10.1 Å². The number of hydrogen-bond donors (Lipinski definition) is 0. The van der Waals surface area contributed by atoms with Gasteiger partial charge in [-0.3, -0.25) is 10.1 Å². The highest BCUT2D eigenvalue weighted by atomic mass is 35.5. The number of nitro benzene ring substituents is 1. The molecule has 11 heteroatoms. The van der Waals surface area contributed by atoms with Crippen LogP contribution in [0.5, 0.6) is 0 Å². The number of methoxy groups -OCH3 is 2. The largest absolute Gasteiger partial charge is 0.465 e. The highest BCUT2D eigenvalue weighted by Gasteiger charge is 2.43. The molecule has 0 bridgehead atoms. The van der Waals surface area contributed by atoms with E-state index in [9.17, 15) is 19.7 Å². The van der Waals surface area contributed by atoms with E-state index < -0.39 is 22.8 Å². The molecule has 0 radical (unpaired) electrons. The minimum atomic E-state index is -0.773. The second kappa shape index (κ2) is 13.0. The number of aromatic nitrogens is 1. The van der Waals surface area contributed by atoms with Crippen molar-refractivity contribution < 1.29 is 28.6 Å². The second-order valence-corrected chi connectivity index (χ2v) is 11.9. The van der Waals surface area contributed by atoms with Crippen LogP contribution < -0.4 is 4.57 Å². The zero-order valence-corrected chi connectivity index (χ0v) is 27.1. The van der Waals surface area contributed by atoms with Gasteiger partial charge < -0.3 is 9.47 Å². The summed E-state index contributed by atoms with van der Waals surface area (Å²) in [4.78, 5) is 38.5. The van der Waals surface area contributed by atoms with Gasteiger partial charge in [0.15, 0.2) is 6.20 Å². The van der Waals surface area contributed by atoms with Crippen molar-refractivity contribution in [2.24, 2.45) is 0 Å². The number of benzene rings is 4. The van der Waals surface area contributed by atoms with E-state index in [4.69, 9.17) is 44.3 Å². The Morgan fingerprint density at radius 3 is 2.06 bits per heavy atom. The molecular weight excluding hydrogens is 663 g/mol. The first-order chi connectivity index (χ1) is 22.6. The predicted octanol–water partition coefficient (Wildman–Crippen LogP) is 8.54. The molecule has 0 saturated carbocycles. The average molecular weight is 687 g/mol. The van der Waals surface area contributed by atoms with E-state index in [0.29, 0.717) is 32.3 Å². The summed E-state index contributed by atoms with van der Waals surface area (Å²) in [6.07, 6.45) is 5.19. The van der Waals surface area contributed by atoms with Gasteiger partial charge in [0.1, 0.15) is 10.6 Å². The molecule has 0 amide bonds. The van der Waals surface area contributed by atoms with Crippen molar-refractivity contribution in [3.05, 3.63) is 144 Å². The van der Waals surface area contributed by atoms with Crippen LogP contribution in [0.3, 0.4) is 0 Å². The Kier molecular flexibility index (Phi) is 8.84. The smallest absolute Gasteiger partial charge is 0.404 e. The number of pyridine rings is 1. The Morgan fingerprint density at radius 2 is 1.45 bits per heavy atom. The van der Waals surface area contributed by atoms with Gasteiger partial charge in [0.2, 0.25) is 5.52 Å². The highest BCUT2D eigenvalue weighted by Crippen LogP contribution is 2.50. The third-order valence-corrected chi connectivity index (χ3v) is 8.80. The molecule has 47 heavy (non-hydrogen) atoms. The summed E-state index contributed by atoms with van der Waals surface area (Å²) in [5, 5.41) is 13.1. The Hall–Kier alpha value is -5.02. The molecule has 1 aliphatic rings. The summed E-state index contributed by atoms with van der Waals surface area (Å²) in [7, 11) is 2.49. The van der Waals surface area contributed by atoms with Crippen LogP contribution in [0.25, 0.3) is 39.9 Å². The number of halogens is 3. The fraction of sp³-hybridized carbons (Fsp3) is 0.0833. The lowest BCUT2D eigenvalue weighted by atomic mass is 9.87. The fourth-order valence-corrected chi connectivity index (χ4v) is 6.51. The second-order valence-electron chi connectivity index (χ2n) is 10.6. The first-order valence-corrected chi connectivity index (χ1v) is 15.3. The van der Waals surface area contributed by atoms with E-state index in [0.717, 1.165) is 22.1 Å². The standard InChI is InChI=1S/C36H24Cl3N2O6/c1-46-35(42)33(32-27-18-22(37)10-12-25(27)26-13-11-23(38)19-28(26)32)34(36(43)47-2)40-16-15-21(24-5-3-4-6-30(24)40)9-7-20-8-14-29(39)31(17-20)41(44)45/h3-19,32H,1-2H3/q+1/b9-7+,34-33-. The number of nitrogens with zero attached hydrogens (tertiary/aromatic N) is 2. The zero-order chi connectivity index (χ0) is 33.4. The lowest BCUT2D eigenvalue weighted by Gasteiger charge is -2.18. The Balaban J connectivity index is 1.60. The first-order valence-electron chi connectivity index (χ1n) is 14.2. The molecule has 0 N–H and O–H groups in total. The van der Waals surface area contributed by atoms with E-state index in [1.54, 1.807) is 65.4 Å². The van der Waals surface area contributed by atoms with Crippen LogP contribution in [0.2, 0.25) is 15.1 Å². The number of ether oxygens (including phenoxy) is 2. The van der Waals surface area contributed by atoms with E-state index >= 15 is 0 Å². The summed E-state index contributed by atoms with van der Waals surface area (Å²) in [6.45, 7) is 0. The number of esters is 2. The van der Waals surface area contributed by atoms with Crippen LogP contribution >= 0.6 is 34.8 Å². The zero-order valence-electron chi connectivity index (χ0n) is 24.9. The maximum Gasteiger partial charge on any atom is 0.404 e. The van der Waals surface area contributed by atoms with Crippen LogP contribution in [-0.4, -0.2) is 31.1 Å². The Labute approximate surface area is 284 Å². The Bertz CT molecular complexity index is 2140. The van der Waals surface area contributed by atoms with Crippen LogP contribution in [0.4, 0.5) is 5.69 Å². The molecule has 5 aromatic rings. The maximum atomic E-state index is 13.8. The molecular formula is C36H24Cl3N2O6+. The topological polar surface area (TPSA) is 99.6 Å². The third-order valence-electron chi connectivity index (χ3n) is 8.01. The predicted molar refractivity (Wildman–Crippen MR) is 182 cm³/mol. The molecule has 8 nitrogen and oxygen atoms in total. The number of fused-ring (bicyclic) bond motifs is 4. The van der Waals surface area contributed by atoms with Crippen molar-refractivity contribution in [2.45, 2.75) is 5.92 Å². The van der Waals surface area contributed by atoms with Gasteiger partial charge in [-0.2, -0.15) is 4.57 Å². The molecule has 234 valence electrons. The Morgan fingerprint density at radius 1 is 0.809 bits per heavy atom. The minimum Gasteiger partial charge on any atom is -0.465 e. The number of rotatable bonds is 7. The SMILES string of the molecule is COC(=O)/C(=C(/C(=O)OC)[n+]1ccc(/C=C/c2ccc(Cl)c([N+](=O)[O-])c2)c2ccccc21)C1c2cc(Cl)ccc2-c2ccc(Cl)cc21. The van der Waals surface area contributed by atoms with Gasteiger partial charge in [-0.05, 0) is 69.8 Å². The van der Waals surface area contributed by atoms with Crippen LogP contribution in [0.15, 0.2) is 96.7 Å². The molecule has 0 unspecified atom stereocenters. The van der Waals surface area contributed by atoms with E-state index in [2.05, 4.69) is 0 Å². The summed E-state index contributed by atoms with van der Waals surface area (Å²) >= 11 is 18.9. The van der Waals surface area contributed by atoms with Gasteiger partial charge in [-0.25, -0.2) is 9.59 Å². The molecule has 4 aromatic carbocycles. The third kappa shape index (κ3) is 5.87. The highest BCUT2D eigenvalue weighted by molar-refractivity contribution is 6.32. The van der Waals surface area contributed by atoms with Gasteiger partial charge in [-0.15, -0.1) is 0 Å². The number of hydrogen-bond acceptors (Lipinski definition) is 6. The van der Waals surface area contributed by atoms with Crippen molar-refractivity contribution in [3.63, 3.8) is 0 Å². The van der Waals surface area contributed by atoms with Crippen molar-refractivity contribution >= 4 is 81.2 Å². The minimum absolute atomic E-state index is 0.0378. The monoisotopic (exact) mass is 685 g/mol. The molecule has 0 atom stereocenters. The van der Waals surface area contributed by atoms with Gasteiger partial charge in [0.25, 0.3) is 5.69 Å². The average Bonchev–Trinajstić information content (AvgIpc) is 3.37. The summed E-state index contributed by atoms with van der Waals surface area (Å²) in [5.41, 5.74) is 4.77. The maximum absolute atomic E-state index is 13.8. The number of nitro groups is 1. The van der Waals surface area contributed by atoms with E-state index in [1.807, 2.05) is 30.3 Å². The van der Waals surface area contributed by atoms with Gasteiger partial charge in [0, 0.05) is 34.2 Å². The summed E-state index contributed by atoms with van der Waals surface area (Å²) < 4.78 is 12.2. The summed E-state index contributed by atoms with van der Waals surface area (Å²) in [6, 6.07) is 24.4. The molecule has 6 rings (SSSR count).